The van der Waals surface area contributed by atoms with Crippen LogP contribution in [0, 0.1) is 10.1 Å². The average Bonchev–Trinajstić information content (AvgIpc) is 2.72. The van der Waals surface area contributed by atoms with Crippen molar-refractivity contribution in [2.45, 2.75) is 13.5 Å². The first-order valence-electron chi connectivity index (χ1n) is 9.31. The van der Waals surface area contributed by atoms with Crippen molar-refractivity contribution in [2.75, 3.05) is 6.61 Å². The first kappa shape index (κ1) is 23.3. The van der Waals surface area contributed by atoms with Crippen LogP contribution in [0.25, 0.3) is 12.2 Å². The topological polar surface area (TPSA) is 127 Å². The molecule has 32 heavy (non-hydrogen) atoms. The van der Waals surface area contributed by atoms with Gasteiger partial charge in [0.2, 0.25) is 0 Å². The Balaban J connectivity index is 1.94. The van der Waals surface area contributed by atoms with Crippen molar-refractivity contribution in [3.8, 4) is 11.5 Å². The highest BCUT2D eigenvalue weighted by Crippen LogP contribution is 2.38. The van der Waals surface area contributed by atoms with E-state index in [0.717, 1.165) is 5.56 Å². The maximum atomic E-state index is 11.8. The van der Waals surface area contributed by atoms with Crippen LogP contribution in [0.3, 0.4) is 0 Å². The van der Waals surface area contributed by atoms with E-state index in [4.69, 9.17) is 21.1 Å². The van der Waals surface area contributed by atoms with E-state index in [9.17, 15) is 19.7 Å². The molecule has 9 nitrogen and oxygen atoms in total. The minimum Gasteiger partial charge on any atom is -0.490 e. The van der Waals surface area contributed by atoms with Gasteiger partial charge in [0, 0.05) is 10.6 Å². The number of rotatable bonds is 8. The zero-order valence-corrected chi connectivity index (χ0v) is 19.0. The normalized spacial score (nSPS) is 11.0. The number of ether oxygens (including phenoxy) is 2. The molecule has 0 unspecified atom stereocenters. The Hall–Kier alpha value is -3.37. The lowest BCUT2D eigenvalue weighted by Crippen LogP contribution is -2.25. The lowest BCUT2D eigenvalue weighted by molar-refractivity contribution is -0.386. The molecular weight excluding hydrogens is 506 g/mol. The molecule has 0 radical (unpaired) electrons. The van der Waals surface area contributed by atoms with E-state index in [-0.39, 0.29) is 12.3 Å². The van der Waals surface area contributed by atoms with E-state index in [2.05, 4.69) is 20.9 Å². The number of benzene rings is 2. The van der Waals surface area contributed by atoms with Crippen LogP contribution in [0.1, 0.15) is 23.7 Å². The fourth-order valence-corrected chi connectivity index (χ4v) is 3.60. The predicted molar refractivity (Wildman–Crippen MR) is 124 cm³/mol. The molecular formula is C21H17BrClN3O6. The second-order valence-corrected chi connectivity index (χ2v) is 7.67. The van der Waals surface area contributed by atoms with Gasteiger partial charge in [-0.2, -0.15) is 0 Å². The van der Waals surface area contributed by atoms with Crippen LogP contribution in [0.5, 0.6) is 11.5 Å². The van der Waals surface area contributed by atoms with Crippen molar-refractivity contribution in [2.24, 2.45) is 0 Å². The third-order valence-electron chi connectivity index (χ3n) is 4.23. The minimum atomic E-state index is -1.09. The molecule has 0 aliphatic rings. The largest absolute Gasteiger partial charge is 0.490 e. The summed E-state index contributed by atoms with van der Waals surface area (Å²) in [4.78, 5) is 37.7. The maximum Gasteiger partial charge on any atom is 0.357 e. The number of hydrogen-bond acceptors (Lipinski definition) is 6. The summed E-state index contributed by atoms with van der Waals surface area (Å²) in [7, 11) is 0. The van der Waals surface area contributed by atoms with Crippen LogP contribution >= 0.6 is 27.5 Å². The van der Waals surface area contributed by atoms with Crippen molar-refractivity contribution < 1.29 is 14.4 Å². The van der Waals surface area contributed by atoms with Crippen molar-refractivity contribution in [3.63, 3.8) is 0 Å². The number of nitro groups is 1. The molecule has 0 bridgehead atoms. The van der Waals surface area contributed by atoms with Crippen LogP contribution in [-0.2, 0) is 6.61 Å². The predicted octanol–water partition coefficient (Wildman–Crippen LogP) is 4.54. The number of hydrogen-bond donors (Lipinski definition) is 2. The van der Waals surface area contributed by atoms with Gasteiger partial charge in [0.25, 0.3) is 0 Å². The summed E-state index contributed by atoms with van der Waals surface area (Å²) < 4.78 is 12.2. The molecule has 0 saturated carbocycles. The minimum absolute atomic E-state index is 0.216. The molecule has 0 spiro atoms. The van der Waals surface area contributed by atoms with E-state index in [1.165, 1.54) is 12.2 Å². The number of aromatic amines is 2. The van der Waals surface area contributed by atoms with Gasteiger partial charge in [0.1, 0.15) is 12.3 Å². The Labute approximate surface area is 194 Å². The number of nitrogens with zero attached hydrogens (tertiary/aromatic N) is 1. The van der Waals surface area contributed by atoms with Crippen LogP contribution < -0.4 is 20.7 Å². The number of halogens is 2. The van der Waals surface area contributed by atoms with Gasteiger partial charge < -0.3 is 14.5 Å². The van der Waals surface area contributed by atoms with Gasteiger partial charge in [0.15, 0.2) is 11.5 Å². The third kappa shape index (κ3) is 5.45. The second kappa shape index (κ2) is 10.3. The first-order chi connectivity index (χ1) is 15.3. The van der Waals surface area contributed by atoms with Gasteiger partial charge in [-0.15, -0.1) is 0 Å². The summed E-state index contributed by atoms with van der Waals surface area (Å²) in [6.07, 6.45) is 2.78. The van der Waals surface area contributed by atoms with Crippen molar-refractivity contribution in [3.05, 3.63) is 93.7 Å². The molecule has 1 heterocycles. The monoisotopic (exact) mass is 521 g/mol. The molecule has 2 aromatic carbocycles. The highest BCUT2D eigenvalue weighted by atomic mass is 79.9. The smallest absolute Gasteiger partial charge is 0.357 e. The number of nitrogens with one attached hydrogen (secondary N) is 2. The molecule has 166 valence electrons. The Morgan fingerprint density at radius 1 is 1.16 bits per heavy atom. The molecule has 1 aromatic heterocycles. The third-order valence-corrected chi connectivity index (χ3v) is 5.19. The Bertz CT molecular complexity index is 1300. The molecule has 2 N–H and O–H groups in total. The molecule has 0 atom stereocenters. The van der Waals surface area contributed by atoms with E-state index < -0.39 is 21.9 Å². The molecule has 3 rings (SSSR count). The van der Waals surface area contributed by atoms with Gasteiger partial charge >= 0.3 is 16.9 Å². The fourth-order valence-electron chi connectivity index (χ4n) is 2.83. The number of aromatic nitrogens is 2. The lowest BCUT2D eigenvalue weighted by atomic mass is 10.1. The zero-order chi connectivity index (χ0) is 23.3. The summed E-state index contributed by atoms with van der Waals surface area (Å²) in [6.45, 7) is 2.40. The molecule has 0 aliphatic heterocycles. The Morgan fingerprint density at radius 2 is 1.91 bits per heavy atom. The summed E-state index contributed by atoms with van der Waals surface area (Å²) in [5.74, 6) is 0.891. The SMILES string of the molecule is CCOc1cc(/C=C\c2[nH]c(=O)[nH]c(=O)c2[N+](=O)[O-])cc(Br)c1OCc1ccccc1Cl. The zero-order valence-electron chi connectivity index (χ0n) is 16.7. The van der Waals surface area contributed by atoms with Crippen molar-refractivity contribution in [1.29, 1.82) is 0 Å². The average molecular weight is 523 g/mol. The molecule has 11 heteroatoms. The maximum absolute atomic E-state index is 11.8. The van der Waals surface area contributed by atoms with Crippen LogP contribution in [0.4, 0.5) is 5.69 Å². The Kier molecular flexibility index (Phi) is 7.49. The van der Waals surface area contributed by atoms with Crippen molar-refractivity contribution in [1.82, 2.24) is 9.97 Å². The van der Waals surface area contributed by atoms with E-state index >= 15 is 0 Å². The van der Waals surface area contributed by atoms with E-state index in [0.29, 0.717) is 33.2 Å². The molecule has 0 amide bonds. The van der Waals surface area contributed by atoms with Gasteiger partial charge in [-0.25, -0.2) is 4.79 Å². The fraction of sp³-hybridized carbons (Fsp3) is 0.143. The molecule has 3 aromatic rings. The van der Waals surface area contributed by atoms with Crippen LogP contribution in [0.2, 0.25) is 5.02 Å². The summed E-state index contributed by atoms with van der Waals surface area (Å²) in [5.41, 5.74) is -1.53. The summed E-state index contributed by atoms with van der Waals surface area (Å²) in [6, 6.07) is 10.7. The summed E-state index contributed by atoms with van der Waals surface area (Å²) >= 11 is 9.64. The van der Waals surface area contributed by atoms with Crippen molar-refractivity contribution >= 4 is 45.4 Å². The van der Waals surface area contributed by atoms with Gasteiger partial charge in [-0.1, -0.05) is 35.9 Å². The molecule has 0 aliphatic carbocycles. The highest BCUT2D eigenvalue weighted by Gasteiger charge is 2.19. The number of H-pyrrole nitrogens is 2. The summed E-state index contributed by atoms with van der Waals surface area (Å²) in [5, 5.41) is 11.8. The first-order valence-corrected chi connectivity index (χ1v) is 10.5. The highest BCUT2D eigenvalue weighted by molar-refractivity contribution is 9.10. The van der Waals surface area contributed by atoms with Crippen LogP contribution in [-0.4, -0.2) is 21.5 Å². The van der Waals surface area contributed by atoms with E-state index in [1.54, 1.807) is 18.2 Å². The molecule has 0 fully saturated rings. The standard InChI is InChI=1S/C21H17BrClN3O6/c1-2-31-17-10-12(7-8-16-18(26(29)30)20(27)25-21(28)24-16)9-14(22)19(17)32-11-13-5-3-4-6-15(13)23/h3-10H,2,11H2,1H3,(H2,24,25,27,28)/b8-7-. The Morgan fingerprint density at radius 3 is 2.59 bits per heavy atom. The quantitative estimate of drug-likeness (QED) is 0.330. The van der Waals surface area contributed by atoms with Crippen LogP contribution in [0.15, 0.2) is 50.5 Å². The lowest BCUT2D eigenvalue weighted by Gasteiger charge is -2.15. The second-order valence-electron chi connectivity index (χ2n) is 6.40. The van der Waals surface area contributed by atoms with E-state index in [1.807, 2.05) is 30.1 Å². The van der Waals surface area contributed by atoms with Gasteiger partial charge in [0.05, 0.1) is 16.0 Å². The van der Waals surface area contributed by atoms with Gasteiger partial charge in [-0.05, 0) is 52.7 Å². The van der Waals surface area contributed by atoms with Gasteiger partial charge in [-0.3, -0.25) is 19.9 Å². The molecule has 0 saturated heterocycles.